The Labute approximate surface area is 115 Å². The Hall–Kier alpha value is 0.330. The van der Waals surface area contributed by atoms with Gasteiger partial charge < -0.3 is 5.32 Å². The highest BCUT2D eigenvalue weighted by atomic mass is 79.9. The molecule has 0 atom stereocenters. The van der Waals surface area contributed by atoms with E-state index in [1.807, 2.05) is 0 Å². The average molecular weight is 352 g/mol. The maximum atomic E-state index is 11.3. The fraction of sp³-hybridized carbons (Fsp3) is 0.125. The van der Waals surface area contributed by atoms with Crippen LogP contribution in [0.4, 0.5) is 5.69 Å². The van der Waals surface area contributed by atoms with E-state index in [2.05, 4.69) is 21.2 Å². The predicted molar refractivity (Wildman–Crippen MR) is 68.1 cm³/mol. The van der Waals surface area contributed by atoms with Crippen molar-refractivity contribution in [2.24, 2.45) is 0 Å². The third kappa shape index (κ3) is 4.00. The smallest absolute Gasteiger partial charge is 0.276 e. The van der Waals surface area contributed by atoms with E-state index in [0.29, 0.717) is 10.7 Å². The first-order chi connectivity index (χ1) is 6.80. The molecule has 0 heterocycles. The van der Waals surface area contributed by atoms with Crippen molar-refractivity contribution in [2.75, 3.05) is 5.32 Å². The largest absolute Gasteiger partial charge is 0.322 e. The quantitative estimate of drug-likeness (QED) is 0.746. The standard InChI is InChI=1S/C8H4BrCl4NO/c9-5-2-1-4(3-6(5)10)14-7(15)8(11,12)13/h1-3H,(H,14,15). The number of amides is 1. The Morgan fingerprint density at radius 1 is 1.33 bits per heavy atom. The van der Waals surface area contributed by atoms with Gasteiger partial charge >= 0.3 is 0 Å². The van der Waals surface area contributed by atoms with Gasteiger partial charge in [-0.3, -0.25) is 4.79 Å². The predicted octanol–water partition coefficient (Wildman–Crippen LogP) is 4.41. The van der Waals surface area contributed by atoms with Gasteiger partial charge in [-0.05, 0) is 34.1 Å². The Kier molecular flexibility index (Phi) is 4.56. The van der Waals surface area contributed by atoms with Gasteiger partial charge in [0.2, 0.25) is 0 Å². The molecule has 0 aromatic heterocycles. The number of rotatable bonds is 1. The lowest BCUT2D eigenvalue weighted by molar-refractivity contribution is -0.115. The molecule has 0 unspecified atom stereocenters. The molecule has 0 saturated heterocycles. The van der Waals surface area contributed by atoms with Crippen LogP contribution < -0.4 is 5.32 Å². The summed E-state index contributed by atoms with van der Waals surface area (Å²) in [6.07, 6.45) is 0. The molecule has 0 saturated carbocycles. The van der Waals surface area contributed by atoms with Gasteiger partial charge in [0.25, 0.3) is 9.70 Å². The highest BCUT2D eigenvalue weighted by Crippen LogP contribution is 2.29. The monoisotopic (exact) mass is 349 g/mol. The summed E-state index contributed by atoms with van der Waals surface area (Å²) in [5.41, 5.74) is 0.458. The maximum Gasteiger partial charge on any atom is 0.276 e. The minimum atomic E-state index is -1.99. The lowest BCUT2D eigenvalue weighted by Crippen LogP contribution is -2.26. The van der Waals surface area contributed by atoms with E-state index in [1.54, 1.807) is 18.2 Å². The van der Waals surface area contributed by atoms with E-state index in [4.69, 9.17) is 46.4 Å². The van der Waals surface area contributed by atoms with Gasteiger partial charge in [-0.1, -0.05) is 46.4 Å². The molecule has 0 aliphatic carbocycles. The Balaban J connectivity index is 2.83. The third-order valence-corrected chi connectivity index (χ3v) is 3.18. The minimum Gasteiger partial charge on any atom is -0.322 e. The Morgan fingerprint density at radius 3 is 2.40 bits per heavy atom. The van der Waals surface area contributed by atoms with Gasteiger partial charge in [-0.15, -0.1) is 0 Å². The molecular weight excluding hydrogens is 348 g/mol. The first kappa shape index (κ1) is 13.4. The van der Waals surface area contributed by atoms with E-state index in [1.165, 1.54) is 0 Å². The molecule has 7 heteroatoms. The molecule has 0 aliphatic rings. The van der Waals surface area contributed by atoms with Gasteiger partial charge in [-0.25, -0.2) is 0 Å². The van der Waals surface area contributed by atoms with Crippen LogP contribution in [-0.4, -0.2) is 9.70 Å². The van der Waals surface area contributed by atoms with Crippen LogP contribution in [0.2, 0.25) is 5.02 Å². The number of anilines is 1. The van der Waals surface area contributed by atoms with Crippen LogP contribution >= 0.6 is 62.3 Å². The SMILES string of the molecule is O=C(Nc1ccc(Br)c(Cl)c1)C(Cl)(Cl)Cl. The second-order valence-corrected chi connectivity index (χ2v) is 6.12. The minimum absolute atomic E-state index is 0.456. The maximum absolute atomic E-state index is 11.3. The molecule has 0 spiro atoms. The van der Waals surface area contributed by atoms with Gasteiger partial charge in [0.05, 0.1) is 5.02 Å². The molecule has 0 aliphatic heterocycles. The van der Waals surface area contributed by atoms with E-state index < -0.39 is 9.70 Å². The summed E-state index contributed by atoms with van der Waals surface area (Å²) < 4.78 is -1.27. The van der Waals surface area contributed by atoms with Crippen LogP contribution in [0.1, 0.15) is 0 Å². The molecule has 1 aromatic rings. The zero-order valence-corrected chi connectivity index (χ0v) is 11.6. The number of carbonyl (C=O) groups excluding carboxylic acids is 1. The van der Waals surface area contributed by atoms with Crippen molar-refractivity contribution in [3.8, 4) is 0 Å². The summed E-state index contributed by atoms with van der Waals surface area (Å²) in [7, 11) is 0. The van der Waals surface area contributed by atoms with Crippen molar-refractivity contribution in [3.05, 3.63) is 27.7 Å². The van der Waals surface area contributed by atoms with E-state index >= 15 is 0 Å². The molecule has 0 fully saturated rings. The topological polar surface area (TPSA) is 29.1 Å². The Morgan fingerprint density at radius 2 is 1.93 bits per heavy atom. The number of hydrogen-bond donors (Lipinski definition) is 1. The Bertz CT molecular complexity index is 391. The molecule has 1 N–H and O–H groups in total. The summed E-state index contributed by atoms with van der Waals surface area (Å²) in [4.78, 5) is 11.3. The summed E-state index contributed by atoms with van der Waals surface area (Å²) in [5, 5.41) is 2.87. The molecule has 1 amide bonds. The lowest BCUT2D eigenvalue weighted by atomic mass is 10.3. The summed E-state index contributed by atoms with van der Waals surface area (Å²) in [6, 6.07) is 4.85. The molecule has 0 radical (unpaired) electrons. The molecule has 1 rings (SSSR count). The van der Waals surface area contributed by atoms with Crippen molar-refractivity contribution < 1.29 is 4.79 Å². The van der Waals surface area contributed by atoms with Crippen molar-refractivity contribution in [3.63, 3.8) is 0 Å². The second kappa shape index (κ2) is 5.11. The van der Waals surface area contributed by atoms with E-state index in [9.17, 15) is 4.79 Å². The zero-order valence-electron chi connectivity index (χ0n) is 7.03. The molecule has 0 bridgehead atoms. The molecule has 1 aromatic carbocycles. The highest BCUT2D eigenvalue weighted by molar-refractivity contribution is 9.10. The van der Waals surface area contributed by atoms with Gasteiger partial charge in [0, 0.05) is 10.2 Å². The number of carbonyl (C=O) groups is 1. The number of hydrogen-bond acceptors (Lipinski definition) is 1. The van der Waals surface area contributed by atoms with E-state index in [0.717, 1.165) is 4.47 Å². The zero-order chi connectivity index (χ0) is 11.6. The summed E-state index contributed by atoms with van der Waals surface area (Å²) in [6.45, 7) is 0. The number of nitrogens with one attached hydrogen (secondary N) is 1. The first-order valence-corrected chi connectivity index (χ1v) is 5.94. The second-order valence-electron chi connectivity index (χ2n) is 2.58. The third-order valence-electron chi connectivity index (χ3n) is 1.43. The van der Waals surface area contributed by atoms with Crippen LogP contribution in [0.15, 0.2) is 22.7 Å². The van der Waals surface area contributed by atoms with Crippen LogP contribution in [-0.2, 0) is 4.79 Å². The fourth-order valence-electron chi connectivity index (χ4n) is 0.776. The molecule has 2 nitrogen and oxygen atoms in total. The van der Waals surface area contributed by atoms with Crippen LogP contribution in [0.3, 0.4) is 0 Å². The first-order valence-electron chi connectivity index (χ1n) is 3.64. The lowest BCUT2D eigenvalue weighted by Gasteiger charge is -2.11. The van der Waals surface area contributed by atoms with Crippen molar-refractivity contribution in [1.29, 1.82) is 0 Å². The average Bonchev–Trinajstić information content (AvgIpc) is 2.10. The normalized spacial score (nSPS) is 11.3. The van der Waals surface area contributed by atoms with E-state index in [-0.39, 0.29) is 0 Å². The number of halogens is 5. The number of alkyl halides is 3. The van der Waals surface area contributed by atoms with Crippen molar-refractivity contribution in [1.82, 2.24) is 0 Å². The summed E-state index contributed by atoms with van der Waals surface area (Å²) >= 11 is 25.2. The molecule has 15 heavy (non-hydrogen) atoms. The highest BCUT2D eigenvalue weighted by Gasteiger charge is 2.30. The van der Waals surface area contributed by atoms with Crippen LogP contribution in [0, 0.1) is 0 Å². The fourth-order valence-corrected chi connectivity index (χ4v) is 1.34. The van der Waals surface area contributed by atoms with Crippen LogP contribution in [0.25, 0.3) is 0 Å². The van der Waals surface area contributed by atoms with Crippen LogP contribution in [0.5, 0.6) is 0 Å². The number of benzene rings is 1. The molecule has 82 valence electrons. The van der Waals surface area contributed by atoms with Gasteiger partial charge in [0.1, 0.15) is 0 Å². The van der Waals surface area contributed by atoms with Crippen molar-refractivity contribution >= 4 is 73.9 Å². The van der Waals surface area contributed by atoms with Crippen molar-refractivity contribution in [2.45, 2.75) is 3.79 Å². The van der Waals surface area contributed by atoms with Gasteiger partial charge in [0.15, 0.2) is 0 Å². The molecular formula is C8H4BrCl4NO. The summed E-state index contributed by atoms with van der Waals surface area (Å²) in [5.74, 6) is -0.731. The van der Waals surface area contributed by atoms with Gasteiger partial charge in [-0.2, -0.15) is 0 Å².